The molecule has 4 nitrogen and oxygen atoms in total. The van der Waals surface area contributed by atoms with Gasteiger partial charge in [-0.2, -0.15) is 0 Å². The summed E-state index contributed by atoms with van der Waals surface area (Å²) in [5.41, 5.74) is 8.65. The summed E-state index contributed by atoms with van der Waals surface area (Å²) >= 11 is 0. The Morgan fingerprint density at radius 3 is 2.89 bits per heavy atom. The third kappa shape index (κ3) is 4.75. The van der Waals surface area contributed by atoms with E-state index in [1.165, 1.54) is 0 Å². The van der Waals surface area contributed by atoms with Gasteiger partial charge in [-0.25, -0.2) is 0 Å². The van der Waals surface area contributed by atoms with E-state index in [2.05, 4.69) is 5.32 Å². The zero-order valence-electron chi connectivity index (χ0n) is 11.2. The summed E-state index contributed by atoms with van der Waals surface area (Å²) < 4.78 is 5.27. The summed E-state index contributed by atoms with van der Waals surface area (Å²) in [6.45, 7) is 5.71. The molecule has 4 heteroatoms. The van der Waals surface area contributed by atoms with E-state index >= 15 is 0 Å². The summed E-state index contributed by atoms with van der Waals surface area (Å²) in [4.78, 5) is 11.6. The molecule has 0 radical (unpaired) electrons. The molecule has 0 aliphatic heterocycles. The molecule has 0 aromatic heterocycles. The largest absolute Gasteiger partial charge is 0.399 e. The van der Waals surface area contributed by atoms with Crippen LogP contribution in [-0.2, 0) is 16.1 Å². The third-order valence-electron chi connectivity index (χ3n) is 2.79. The van der Waals surface area contributed by atoms with Crippen LogP contribution in [0.3, 0.4) is 0 Å². The number of ether oxygens (including phenoxy) is 1. The number of hydrogen-bond donors (Lipinski definition) is 2. The maximum absolute atomic E-state index is 11.6. The van der Waals surface area contributed by atoms with Crippen molar-refractivity contribution in [3.8, 4) is 0 Å². The lowest BCUT2D eigenvalue weighted by Crippen LogP contribution is -2.24. The maximum Gasteiger partial charge on any atom is 0.222 e. The number of carbonyl (C=O) groups is 1. The molecule has 0 aliphatic carbocycles. The number of nitrogens with two attached hydrogens (primary N) is 1. The summed E-state index contributed by atoms with van der Waals surface area (Å²) in [6, 6.07) is 5.73. The van der Waals surface area contributed by atoms with E-state index in [0.717, 1.165) is 23.2 Å². The predicted octanol–water partition coefficient (Wildman–Crippen LogP) is 2.01. The molecular formula is C14H22N2O2. The van der Waals surface area contributed by atoms with E-state index < -0.39 is 0 Å². The van der Waals surface area contributed by atoms with E-state index in [4.69, 9.17) is 10.5 Å². The number of rotatable bonds is 7. The van der Waals surface area contributed by atoms with Crippen molar-refractivity contribution in [2.24, 2.45) is 0 Å². The Morgan fingerprint density at radius 1 is 1.39 bits per heavy atom. The average molecular weight is 250 g/mol. The minimum Gasteiger partial charge on any atom is -0.399 e. The van der Waals surface area contributed by atoms with E-state index in [9.17, 15) is 4.79 Å². The fourth-order valence-electron chi connectivity index (χ4n) is 1.59. The van der Waals surface area contributed by atoms with Gasteiger partial charge in [-0.3, -0.25) is 4.79 Å². The zero-order valence-corrected chi connectivity index (χ0v) is 11.2. The van der Waals surface area contributed by atoms with Gasteiger partial charge in [0.15, 0.2) is 0 Å². The molecule has 1 rings (SSSR count). The first-order valence-corrected chi connectivity index (χ1v) is 6.33. The Hall–Kier alpha value is -1.55. The first kappa shape index (κ1) is 14.5. The van der Waals surface area contributed by atoms with Crippen LogP contribution in [0.25, 0.3) is 0 Å². The molecule has 0 unspecified atom stereocenters. The number of nitrogens with one attached hydrogen (secondary N) is 1. The highest BCUT2D eigenvalue weighted by atomic mass is 16.5. The lowest BCUT2D eigenvalue weighted by molar-refractivity contribution is -0.122. The molecule has 18 heavy (non-hydrogen) atoms. The van der Waals surface area contributed by atoms with Crippen LogP contribution in [0.5, 0.6) is 0 Å². The molecule has 1 aromatic carbocycles. The molecule has 0 spiro atoms. The smallest absolute Gasteiger partial charge is 0.222 e. The van der Waals surface area contributed by atoms with Crippen molar-refractivity contribution in [3.63, 3.8) is 0 Å². The number of nitrogen functional groups attached to an aromatic ring is 1. The fraction of sp³-hybridized carbons (Fsp3) is 0.500. The first-order valence-electron chi connectivity index (χ1n) is 6.33. The van der Waals surface area contributed by atoms with E-state index in [1.54, 1.807) is 0 Å². The van der Waals surface area contributed by atoms with Gasteiger partial charge in [0.1, 0.15) is 0 Å². The maximum atomic E-state index is 11.6. The predicted molar refractivity (Wildman–Crippen MR) is 73.2 cm³/mol. The Bertz CT molecular complexity index is 391. The minimum atomic E-state index is 0.00734. The van der Waals surface area contributed by atoms with Crippen LogP contribution in [0.1, 0.15) is 30.9 Å². The lowest BCUT2D eigenvalue weighted by Gasteiger charge is -2.10. The van der Waals surface area contributed by atoms with Gasteiger partial charge in [-0.05, 0) is 30.5 Å². The molecule has 3 N–H and O–H groups in total. The van der Waals surface area contributed by atoms with Gasteiger partial charge in [-0.15, -0.1) is 0 Å². The van der Waals surface area contributed by atoms with Crippen LogP contribution < -0.4 is 11.1 Å². The highest BCUT2D eigenvalue weighted by molar-refractivity contribution is 5.76. The lowest BCUT2D eigenvalue weighted by atomic mass is 10.1. The number of anilines is 1. The Morgan fingerprint density at radius 2 is 2.17 bits per heavy atom. The second-order valence-electron chi connectivity index (χ2n) is 4.27. The normalized spacial score (nSPS) is 10.3. The number of benzene rings is 1. The van der Waals surface area contributed by atoms with E-state index in [1.807, 2.05) is 32.0 Å². The summed E-state index contributed by atoms with van der Waals surface area (Å²) in [5, 5.41) is 2.87. The standard InChI is InChI=1S/C14H22N2O2/c1-3-8-18-9-7-14(17)16-10-12-5-4-6-13(15)11(12)2/h4-6H,3,7-10,15H2,1-2H3,(H,16,17). The van der Waals surface area contributed by atoms with Gasteiger partial charge in [-0.1, -0.05) is 19.1 Å². The molecule has 0 aliphatic rings. The topological polar surface area (TPSA) is 64.3 Å². The van der Waals surface area contributed by atoms with Crippen molar-refractivity contribution in [3.05, 3.63) is 29.3 Å². The van der Waals surface area contributed by atoms with Crippen molar-refractivity contribution in [2.75, 3.05) is 18.9 Å². The minimum absolute atomic E-state index is 0.00734. The third-order valence-corrected chi connectivity index (χ3v) is 2.79. The molecule has 1 amide bonds. The van der Waals surface area contributed by atoms with E-state index in [-0.39, 0.29) is 5.91 Å². The second kappa shape index (κ2) is 7.71. The SMILES string of the molecule is CCCOCCC(=O)NCc1cccc(N)c1C. The van der Waals surface area contributed by atoms with Gasteiger partial charge in [0.25, 0.3) is 0 Å². The van der Waals surface area contributed by atoms with Crippen LogP contribution in [0.15, 0.2) is 18.2 Å². The Balaban J connectivity index is 2.32. The van der Waals surface area contributed by atoms with Gasteiger partial charge < -0.3 is 15.8 Å². The van der Waals surface area contributed by atoms with Crippen LogP contribution >= 0.6 is 0 Å². The summed E-state index contributed by atoms with van der Waals surface area (Å²) in [7, 11) is 0. The zero-order chi connectivity index (χ0) is 13.4. The van der Waals surface area contributed by atoms with Crippen molar-refractivity contribution >= 4 is 11.6 Å². The number of hydrogen-bond acceptors (Lipinski definition) is 3. The second-order valence-corrected chi connectivity index (χ2v) is 4.27. The molecule has 0 bridgehead atoms. The van der Waals surface area contributed by atoms with Gasteiger partial charge in [0.2, 0.25) is 5.91 Å². The van der Waals surface area contributed by atoms with Gasteiger partial charge in [0.05, 0.1) is 6.61 Å². The summed E-state index contributed by atoms with van der Waals surface area (Å²) in [6.07, 6.45) is 1.38. The van der Waals surface area contributed by atoms with Crippen molar-refractivity contribution in [1.82, 2.24) is 5.32 Å². The number of carbonyl (C=O) groups excluding carboxylic acids is 1. The monoisotopic (exact) mass is 250 g/mol. The first-order chi connectivity index (χ1) is 8.65. The highest BCUT2D eigenvalue weighted by Gasteiger charge is 2.04. The van der Waals surface area contributed by atoms with Crippen LogP contribution in [-0.4, -0.2) is 19.1 Å². The fourth-order valence-corrected chi connectivity index (χ4v) is 1.59. The van der Waals surface area contributed by atoms with Crippen molar-refractivity contribution in [1.29, 1.82) is 0 Å². The van der Waals surface area contributed by atoms with Crippen LogP contribution in [0, 0.1) is 6.92 Å². The van der Waals surface area contributed by atoms with Gasteiger partial charge >= 0.3 is 0 Å². The van der Waals surface area contributed by atoms with Crippen LogP contribution in [0.2, 0.25) is 0 Å². The quantitative estimate of drug-likeness (QED) is 0.574. The molecule has 0 fully saturated rings. The van der Waals surface area contributed by atoms with Crippen molar-refractivity contribution in [2.45, 2.75) is 33.2 Å². The highest BCUT2D eigenvalue weighted by Crippen LogP contribution is 2.14. The Labute approximate surface area is 109 Å². The summed E-state index contributed by atoms with van der Waals surface area (Å²) in [5.74, 6) is 0.00734. The van der Waals surface area contributed by atoms with Crippen molar-refractivity contribution < 1.29 is 9.53 Å². The molecular weight excluding hydrogens is 228 g/mol. The Kier molecular flexibility index (Phi) is 6.22. The van der Waals surface area contributed by atoms with Gasteiger partial charge in [0, 0.05) is 25.3 Å². The van der Waals surface area contributed by atoms with E-state index in [0.29, 0.717) is 26.2 Å². The molecule has 100 valence electrons. The molecule has 0 atom stereocenters. The molecule has 1 aromatic rings. The molecule has 0 heterocycles. The van der Waals surface area contributed by atoms with Crippen LogP contribution in [0.4, 0.5) is 5.69 Å². The molecule has 0 saturated carbocycles. The average Bonchev–Trinajstić information content (AvgIpc) is 2.36. The molecule has 0 saturated heterocycles. The number of amides is 1.